The number of aliphatic hydroxyl groups excluding tert-OH is 1. The summed E-state index contributed by atoms with van der Waals surface area (Å²) in [6.07, 6.45) is 4.95. The Kier molecular flexibility index (Phi) is 2.93. The lowest BCUT2D eigenvalue weighted by Gasteiger charge is -2.30. The van der Waals surface area contributed by atoms with Crippen molar-refractivity contribution >= 4 is 15.9 Å². The van der Waals surface area contributed by atoms with Crippen molar-refractivity contribution in [2.75, 3.05) is 0 Å². The third-order valence-electron chi connectivity index (χ3n) is 3.01. The Labute approximate surface area is 92.2 Å². The highest BCUT2D eigenvalue weighted by molar-refractivity contribution is 9.10. The first-order valence-electron chi connectivity index (χ1n) is 5.13. The van der Waals surface area contributed by atoms with Crippen LogP contribution in [-0.2, 0) is 6.54 Å². The predicted molar refractivity (Wildman–Crippen MR) is 57.9 cm³/mol. The summed E-state index contributed by atoms with van der Waals surface area (Å²) in [7, 11) is 0. The number of halogens is 1. The zero-order valence-corrected chi connectivity index (χ0v) is 9.87. The van der Waals surface area contributed by atoms with Crippen LogP contribution in [0.4, 0.5) is 0 Å². The maximum atomic E-state index is 10.1. The molecule has 0 aromatic carbocycles. The van der Waals surface area contributed by atoms with E-state index in [1.165, 1.54) is 6.42 Å². The minimum atomic E-state index is -0.347. The summed E-state index contributed by atoms with van der Waals surface area (Å²) < 4.78 is 2.80. The van der Waals surface area contributed by atoms with Crippen LogP contribution in [0.15, 0.2) is 10.7 Å². The summed E-state index contributed by atoms with van der Waals surface area (Å²) in [6, 6.07) is 0. The van der Waals surface area contributed by atoms with Gasteiger partial charge in [0.05, 0.1) is 22.5 Å². The molecule has 0 amide bonds. The highest BCUT2D eigenvalue weighted by atomic mass is 79.9. The van der Waals surface area contributed by atoms with Crippen LogP contribution in [0.5, 0.6) is 0 Å². The lowest BCUT2D eigenvalue weighted by atomic mass is 9.80. The van der Waals surface area contributed by atoms with E-state index in [9.17, 15) is 5.11 Å². The molecule has 14 heavy (non-hydrogen) atoms. The maximum absolute atomic E-state index is 10.1. The van der Waals surface area contributed by atoms with Gasteiger partial charge in [-0.1, -0.05) is 6.42 Å². The molecular weight excluding hydrogens is 244 g/mol. The van der Waals surface area contributed by atoms with E-state index in [1.54, 1.807) is 6.20 Å². The zero-order chi connectivity index (χ0) is 10.1. The summed E-state index contributed by atoms with van der Waals surface area (Å²) >= 11 is 3.44. The molecular formula is C10H15BrN2O. The Bertz CT molecular complexity index is 320. The van der Waals surface area contributed by atoms with Crippen LogP contribution >= 0.6 is 15.9 Å². The summed E-state index contributed by atoms with van der Waals surface area (Å²) in [5, 5.41) is 14.3. The third-order valence-corrected chi connectivity index (χ3v) is 3.62. The molecule has 1 aliphatic carbocycles. The van der Waals surface area contributed by atoms with Gasteiger partial charge >= 0.3 is 0 Å². The first kappa shape index (κ1) is 10.2. The predicted octanol–water partition coefficient (Wildman–Crippen LogP) is 2.50. The maximum Gasteiger partial charge on any atom is 0.0996 e. The normalized spacial score (nSPS) is 19.4. The number of aryl methyl sites for hydroxylation is 1. The Morgan fingerprint density at radius 2 is 2.43 bits per heavy atom. The van der Waals surface area contributed by atoms with Gasteiger partial charge in [0.1, 0.15) is 0 Å². The van der Waals surface area contributed by atoms with Gasteiger partial charge in [-0.2, -0.15) is 5.10 Å². The van der Waals surface area contributed by atoms with Crippen molar-refractivity contribution < 1.29 is 5.11 Å². The van der Waals surface area contributed by atoms with Crippen LogP contribution in [-0.4, -0.2) is 14.9 Å². The van der Waals surface area contributed by atoms with Gasteiger partial charge < -0.3 is 5.11 Å². The molecule has 0 spiro atoms. The molecule has 0 saturated heterocycles. The molecule has 0 aliphatic heterocycles. The molecule has 1 unspecified atom stereocenters. The van der Waals surface area contributed by atoms with Crippen LogP contribution in [0, 0.1) is 5.92 Å². The van der Waals surface area contributed by atoms with Gasteiger partial charge in [0.25, 0.3) is 0 Å². The van der Waals surface area contributed by atoms with E-state index in [1.807, 2.05) is 11.6 Å². The summed E-state index contributed by atoms with van der Waals surface area (Å²) in [5.41, 5.74) is 0.942. The van der Waals surface area contributed by atoms with Gasteiger partial charge in [0.2, 0.25) is 0 Å². The third kappa shape index (κ3) is 1.61. The average molecular weight is 259 g/mol. The number of rotatable bonds is 3. The lowest BCUT2D eigenvalue weighted by molar-refractivity contribution is 0.0543. The molecule has 4 heteroatoms. The second-order valence-electron chi connectivity index (χ2n) is 3.83. The zero-order valence-electron chi connectivity index (χ0n) is 8.28. The molecule has 1 atom stereocenters. The fourth-order valence-corrected chi connectivity index (χ4v) is 2.43. The molecule has 3 nitrogen and oxygen atoms in total. The summed E-state index contributed by atoms with van der Waals surface area (Å²) in [4.78, 5) is 0. The SMILES string of the molecule is CCn1ncc(Br)c1C(O)C1CCC1. The van der Waals surface area contributed by atoms with Crippen LogP contribution in [0.2, 0.25) is 0 Å². The van der Waals surface area contributed by atoms with E-state index in [4.69, 9.17) is 0 Å². The Morgan fingerprint density at radius 3 is 2.93 bits per heavy atom. The van der Waals surface area contributed by atoms with E-state index < -0.39 is 0 Å². The van der Waals surface area contributed by atoms with Crippen LogP contribution < -0.4 is 0 Å². The van der Waals surface area contributed by atoms with Crippen LogP contribution in [0.25, 0.3) is 0 Å². The van der Waals surface area contributed by atoms with Crippen molar-refractivity contribution in [2.45, 2.75) is 38.8 Å². The second kappa shape index (κ2) is 4.03. The highest BCUT2D eigenvalue weighted by Gasteiger charge is 2.30. The van der Waals surface area contributed by atoms with Crippen LogP contribution in [0.1, 0.15) is 38.0 Å². The molecule has 78 valence electrons. The first-order chi connectivity index (χ1) is 6.74. The standard InChI is InChI=1S/C10H15BrN2O/c1-2-13-9(8(11)6-12-13)10(14)7-4-3-5-7/h6-7,10,14H,2-5H2,1H3. The molecule has 1 aromatic heterocycles. The Balaban J connectivity index is 2.23. The monoisotopic (exact) mass is 258 g/mol. The second-order valence-corrected chi connectivity index (χ2v) is 4.68. The highest BCUT2D eigenvalue weighted by Crippen LogP contribution is 2.39. The first-order valence-corrected chi connectivity index (χ1v) is 5.92. The molecule has 1 heterocycles. The fourth-order valence-electron chi connectivity index (χ4n) is 1.90. The summed E-state index contributed by atoms with van der Waals surface area (Å²) in [6.45, 7) is 2.85. The lowest BCUT2D eigenvalue weighted by Crippen LogP contribution is -2.22. The van der Waals surface area contributed by atoms with Gasteiger partial charge in [0.15, 0.2) is 0 Å². The average Bonchev–Trinajstić information content (AvgIpc) is 2.43. The molecule has 1 aliphatic rings. The quantitative estimate of drug-likeness (QED) is 0.905. The van der Waals surface area contributed by atoms with Crippen molar-refractivity contribution in [3.63, 3.8) is 0 Å². The van der Waals surface area contributed by atoms with Crippen LogP contribution in [0.3, 0.4) is 0 Å². The minimum Gasteiger partial charge on any atom is -0.386 e. The van der Waals surface area contributed by atoms with Gasteiger partial charge in [0, 0.05) is 6.54 Å². The van der Waals surface area contributed by atoms with Crippen molar-refractivity contribution in [1.29, 1.82) is 0 Å². The minimum absolute atomic E-state index is 0.347. The Morgan fingerprint density at radius 1 is 1.71 bits per heavy atom. The number of aliphatic hydroxyl groups is 1. The van der Waals surface area contributed by atoms with Crippen molar-refractivity contribution in [3.8, 4) is 0 Å². The molecule has 1 fully saturated rings. The van der Waals surface area contributed by atoms with Crippen molar-refractivity contribution in [3.05, 3.63) is 16.4 Å². The fraction of sp³-hybridized carbons (Fsp3) is 0.700. The Hall–Kier alpha value is -0.350. The number of nitrogens with zero attached hydrogens (tertiary/aromatic N) is 2. The topological polar surface area (TPSA) is 38.0 Å². The molecule has 1 saturated carbocycles. The number of hydrogen-bond donors (Lipinski definition) is 1. The van der Waals surface area contributed by atoms with E-state index in [-0.39, 0.29) is 6.10 Å². The largest absolute Gasteiger partial charge is 0.386 e. The number of aromatic nitrogens is 2. The van der Waals surface area contributed by atoms with Crippen molar-refractivity contribution in [2.24, 2.45) is 5.92 Å². The number of hydrogen-bond acceptors (Lipinski definition) is 2. The van der Waals surface area contributed by atoms with E-state index in [0.29, 0.717) is 5.92 Å². The molecule has 1 N–H and O–H groups in total. The summed E-state index contributed by atoms with van der Waals surface area (Å²) in [5.74, 6) is 0.438. The van der Waals surface area contributed by atoms with E-state index in [0.717, 1.165) is 29.6 Å². The van der Waals surface area contributed by atoms with Crippen molar-refractivity contribution in [1.82, 2.24) is 9.78 Å². The molecule has 0 bridgehead atoms. The molecule has 2 rings (SSSR count). The van der Waals surface area contributed by atoms with Gasteiger partial charge in [-0.3, -0.25) is 4.68 Å². The van der Waals surface area contributed by atoms with Gasteiger partial charge in [-0.05, 0) is 41.6 Å². The molecule has 1 aromatic rings. The van der Waals surface area contributed by atoms with Gasteiger partial charge in [-0.25, -0.2) is 0 Å². The van der Waals surface area contributed by atoms with Gasteiger partial charge in [-0.15, -0.1) is 0 Å². The smallest absolute Gasteiger partial charge is 0.0996 e. The van der Waals surface area contributed by atoms with E-state index >= 15 is 0 Å². The molecule has 0 radical (unpaired) electrons. The van der Waals surface area contributed by atoms with E-state index in [2.05, 4.69) is 21.0 Å².